The maximum atomic E-state index is 10.8. The van der Waals surface area contributed by atoms with Crippen LogP contribution in [-0.4, -0.2) is 49.0 Å². The van der Waals surface area contributed by atoms with E-state index in [0.29, 0.717) is 12.0 Å². The number of aryl methyl sites for hydroxylation is 3. The van der Waals surface area contributed by atoms with Crippen molar-refractivity contribution >= 4 is 18.6 Å². The summed E-state index contributed by atoms with van der Waals surface area (Å²) in [5.41, 5.74) is 11.6. The Morgan fingerprint density at radius 1 is 0.562 bits per heavy atom. The highest BCUT2D eigenvalue weighted by Crippen LogP contribution is 2.20. The second-order valence-electron chi connectivity index (χ2n) is 11.1. The van der Waals surface area contributed by atoms with Crippen molar-refractivity contribution in [3.05, 3.63) is 148 Å². The van der Waals surface area contributed by atoms with Gasteiger partial charge in [-0.05, 0) is 84.0 Å². The maximum absolute atomic E-state index is 10.8. The lowest BCUT2D eigenvalue weighted by atomic mass is 10.1. The van der Waals surface area contributed by atoms with Crippen molar-refractivity contribution < 1.29 is 14.3 Å². The molecule has 0 unspecified atom stereocenters. The predicted molar refractivity (Wildman–Crippen MR) is 190 cm³/mol. The molecule has 9 nitrogen and oxygen atoms in total. The Balaban J connectivity index is 0.000000163. The van der Waals surface area contributed by atoms with Crippen molar-refractivity contribution in [3.63, 3.8) is 0 Å². The van der Waals surface area contributed by atoms with E-state index in [0.717, 1.165) is 74.9 Å². The molecule has 0 radical (unpaired) electrons. The number of para-hydroxylation sites is 3. The van der Waals surface area contributed by atoms with Crippen LogP contribution in [0.2, 0.25) is 0 Å². The Hall–Kier alpha value is -5.83. The second-order valence-corrected chi connectivity index (χ2v) is 11.1. The van der Waals surface area contributed by atoms with Gasteiger partial charge in [-0.2, -0.15) is 15.3 Å². The van der Waals surface area contributed by atoms with Gasteiger partial charge in [0.2, 0.25) is 0 Å². The smallest absolute Gasteiger partial charge is 0.153 e. The number of methoxy groups -OCH3 is 1. The molecule has 0 aliphatic carbocycles. The highest BCUT2D eigenvalue weighted by Gasteiger charge is 2.13. The summed E-state index contributed by atoms with van der Waals surface area (Å²) in [4.78, 5) is 21.4. The standard InChI is InChI=1S/C14H16N2O.C13H14N2O.C12H12N2O/c1-11-14(9-10-17-3)12(2)16(15-11)13-7-5-4-6-8-13;1-10-13(8-9-16)11(2)15(14-10)12-6-4-3-5-7-12;1-9-12(8-15)10(2)14(13-9)11-6-4-3-5-7-11/h4-10H,1-3H3;3-7,9H,8H2,1-2H3;3-8H,1-2H3. The number of carbonyl (C=O) groups is 2. The Bertz CT molecular complexity index is 1970. The Morgan fingerprint density at radius 3 is 1.35 bits per heavy atom. The van der Waals surface area contributed by atoms with Crippen LogP contribution >= 0.6 is 0 Å². The fourth-order valence-electron chi connectivity index (χ4n) is 5.37. The van der Waals surface area contributed by atoms with E-state index in [-0.39, 0.29) is 0 Å². The molecule has 6 rings (SSSR count). The Labute approximate surface area is 282 Å². The Kier molecular flexibility index (Phi) is 12.2. The maximum Gasteiger partial charge on any atom is 0.153 e. The number of hydrogen-bond acceptors (Lipinski definition) is 6. The van der Waals surface area contributed by atoms with Crippen LogP contribution in [0.15, 0.2) is 97.3 Å². The first kappa shape index (κ1) is 35.0. The minimum atomic E-state index is 0.435. The van der Waals surface area contributed by atoms with Crippen molar-refractivity contribution in [1.29, 1.82) is 0 Å². The third-order valence-electron chi connectivity index (χ3n) is 7.91. The van der Waals surface area contributed by atoms with Crippen LogP contribution in [0.1, 0.15) is 55.6 Å². The lowest BCUT2D eigenvalue weighted by Crippen LogP contribution is -1.99. The van der Waals surface area contributed by atoms with Gasteiger partial charge in [0.15, 0.2) is 6.29 Å². The molecule has 0 amide bonds. The average molecular weight is 643 g/mol. The minimum Gasteiger partial charge on any atom is -0.504 e. The van der Waals surface area contributed by atoms with Gasteiger partial charge < -0.3 is 9.53 Å². The molecule has 0 aliphatic heterocycles. The second kappa shape index (κ2) is 16.6. The van der Waals surface area contributed by atoms with Gasteiger partial charge in [0, 0.05) is 28.9 Å². The number of benzene rings is 3. The van der Waals surface area contributed by atoms with Gasteiger partial charge in [-0.15, -0.1) is 0 Å². The van der Waals surface area contributed by atoms with Gasteiger partial charge in [0.05, 0.1) is 58.8 Å². The number of aromatic nitrogens is 6. The molecule has 0 fully saturated rings. The van der Waals surface area contributed by atoms with Crippen molar-refractivity contribution in [2.75, 3.05) is 7.11 Å². The molecule has 0 saturated heterocycles. The summed E-state index contributed by atoms with van der Waals surface area (Å²) in [6.45, 7) is 11.7. The van der Waals surface area contributed by atoms with Gasteiger partial charge in [0.1, 0.15) is 6.29 Å². The topological polar surface area (TPSA) is 96.8 Å². The van der Waals surface area contributed by atoms with E-state index in [4.69, 9.17) is 4.74 Å². The molecule has 3 aromatic carbocycles. The van der Waals surface area contributed by atoms with Crippen LogP contribution in [0.4, 0.5) is 0 Å². The van der Waals surface area contributed by atoms with E-state index < -0.39 is 0 Å². The van der Waals surface area contributed by atoms with Gasteiger partial charge in [-0.1, -0.05) is 54.6 Å². The van der Waals surface area contributed by atoms with Crippen LogP contribution in [0, 0.1) is 41.5 Å². The zero-order chi connectivity index (χ0) is 34.6. The number of hydrogen-bond donors (Lipinski definition) is 0. The van der Waals surface area contributed by atoms with E-state index in [9.17, 15) is 9.59 Å². The number of carbonyl (C=O) groups excluding carboxylic acids is 2. The van der Waals surface area contributed by atoms with E-state index in [1.165, 1.54) is 0 Å². The molecule has 0 bridgehead atoms. The fraction of sp³-hybridized carbons (Fsp3) is 0.205. The largest absolute Gasteiger partial charge is 0.504 e. The van der Waals surface area contributed by atoms with Crippen LogP contribution < -0.4 is 0 Å². The summed E-state index contributed by atoms with van der Waals surface area (Å²) in [5.74, 6) is 0. The summed E-state index contributed by atoms with van der Waals surface area (Å²) < 4.78 is 10.6. The van der Waals surface area contributed by atoms with Crippen molar-refractivity contribution in [3.8, 4) is 17.1 Å². The summed E-state index contributed by atoms with van der Waals surface area (Å²) in [5, 5.41) is 13.3. The fourth-order valence-corrected chi connectivity index (χ4v) is 5.37. The monoisotopic (exact) mass is 642 g/mol. The third kappa shape index (κ3) is 8.11. The lowest BCUT2D eigenvalue weighted by molar-refractivity contribution is -0.107. The molecule has 48 heavy (non-hydrogen) atoms. The van der Waals surface area contributed by atoms with Crippen LogP contribution in [-0.2, 0) is 16.0 Å². The summed E-state index contributed by atoms with van der Waals surface area (Å²) in [7, 11) is 1.64. The predicted octanol–water partition coefficient (Wildman–Crippen LogP) is 7.64. The van der Waals surface area contributed by atoms with Crippen molar-refractivity contribution in [2.24, 2.45) is 0 Å². The van der Waals surface area contributed by atoms with E-state index in [1.807, 2.05) is 141 Å². The van der Waals surface area contributed by atoms with Gasteiger partial charge in [-0.25, -0.2) is 14.0 Å². The molecule has 0 spiro atoms. The minimum absolute atomic E-state index is 0.435. The first-order valence-electron chi connectivity index (χ1n) is 15.6. The van der Waals surface area contributed by atoms with E-state index >= 15 is 0 Å². The van der Waals surface area contributed by atoms with Crippen molar-refractivity contribution in [1.82, 2.24) is 29.3 Å². The summed E-state index contributed by atoms with van der Waals surface area (Å²) >= 11 is 0. The molecule has 3 heterocycles. The van der Waals surface area contributed by atoms with Gasteiger partial charge >= 0.3 is 0 Å². The van der Waals surface area contributed by atoms with E-state index in [1.54, 1.807) is 18.1 Å². The SMILES string of the molecule is COC=Cc1c(C)nn(-c2ccccc2)c1C.Cc1nn(-c2ccccc2)c(C)c1C=O.Cc1nn(-c2ccccc2)c(C)c1CC=O. The van der Waals surface area contributed by atoms with Gasteiger partial charge in [0.25, 0.3) is 0 Å². The highest BCUT2D eigenvalue weighted by atomic mass is 16.5. The quantitative estimate of drug-likeness (QED) is 0.125. The van der Waals surface area contributed by atoms with Crippen LogP contribution in [0.5, 0.6) is 0 Å². The molecule has 0 aliphatic rings. The van der Waals surface area contributed by atoms with Crippen molar-refractivity contribution in [2.45, 2.75) is 48.0 Å². The summed E-state index contributed by atoms with van der Waals surface area (Å²) in [6.07, 6.45) is 5.83. The number of aldehydes is 2. The van der Waals surface area contributed by atoms with Crippen LogP contribution in [0.3, 0.4) is 0 Å². The number of nitrogens with zero attached hydrogens (tertiary/aromatic N) is 6. The lowest BCUT2D eigenvalue weighted by Gasteiger charge is -2.03. The molecular formula is C39H42N6O3. The highest BCUT2D eigenvalue weighted by molar-refractivity contribution is 5.78. The van der Waals surface area contributed by atoms with E-state index in [2.05, 4.69) is 22.2 Å². The number of rotatable bonds is 8. The third-order valence-corrected chi connectivity index (χ3v) is 7.91. The molecular weight excluding hydrogens is 600 g/mol. The molecule has 6 aromatic rings. The first-order chi connectivity index (χ1) is 23.2. The molecule has 0 atom stereocenters. The normalized spacial score (nSPS) is 10.6. The molecule has 246 valence electrons. The first-order valence-corrected chi connectivity index (χ1v) is 15.6. The molecule has 0 N–H and O–H groups in total. The number of ether oxygens (including phenoxy) is 1. The van der Waals surface area contributed by atoms with Gasteiger partial charge in [-0.3, -0.25) is 4.79 Å². The summed E-state index contributed by atoms with van der Waals surface area (Å²) in [6, 6.07) is 29.8. The molecule has 0 saturated carbocycles. The zero-order valence-electron chi connectivity index (χ0n) is 28.6. The molecule has 3 aromatic heterocycles. The average Bonchev–Trinajstić information content (AvgIpc) is 3.69. The zero-order valence-corrected chi connectivity index (χ0v) is 28.6. The van der Waals surface area contributed by atoms with Crippen LogP contribution in [0.25, 0.3) is 23.1 Å². The Morgan fingerprint density at radius 2 is 0.958 bits per heavy atom. The molecule has 9 heteroatoms.